The number of guanidine groups is 1. The Balaban J connectivity index is 1.36. The molecule has 1 aliphatic heterocycles. The number of carbonyl (C=O) groups is 1. The first kappa shape index (κ1) is 20.0. The van der Waals surface area contributed by atoms with E-state index < -0.39 is 0 Å². The highest BCUT2D eigenvalue weighted by Crippen LogP contribution is 2.11. The lowest BCUT2D eigenvalue weighted by atomic mass is 10.3. The van der Waals surface area contributed by atoms with Crippen molar-refractivity contribution in [3.63, 3.8) is 0 Å². The third-order valence-corrected chi connectivity index (χ3v) is 5.31. The summed E-state index contributed by atoms with van der Waals surface area (Å²) in [6.45, 7) is 6.07. The van der Waals surface area contributed by atoms with E-state index in [1.165, 1.54) is 4.88 Å². The fourth-order valence-electron chi connectivity index (χ4n) is 2.92. The molecule has 150 valence electrons. The van der Waals surface area contributed by atoms with Crippen molar-refractivity contribution in [1.29, 1.82) is 0 Å². The van der Waals surface area contributed by atoms with E-state index in [4.69, 9.17) is 0 Å². The van der Waals surface area contributed by atoms with Crippen molar-refractivity contribution in [2.45, 2.75) is 19.9 Å². The van der Waals surface area contributed by atoms with Crippen LogP contribution in [-0.2, 0) is 11.3 Å². The first-order valence-corrected chi connectivity index (χ1v) is 10.1. The summed E-state index contributed by atoms with van der Waals surface area (Å²) in [5.41, 5.74) is 0. The fraction of sp³-hybridized carbons (Fsp3) is 0.500. The fourth-order valence-corrected chi connectivity index (χ4v) is 3.65. The van der Waals surface area contributed by atoms with Crippen molar-refractivity contribution in [2.24, 2.45) is 4.99 Å². The maximum atomic E-state index is 12.5. The predicted molar refractivity (Wildman–Crippen MR) is 110 cm³/mol. The summed E-state index contributed by atoms with van der Waals surface area (Å²) in [6.07, 6.45) is 5.77. The second-order valence-electron chi connectivity index (χ2n) is 6.38. The second kappa shape index (κ2) is 9.98. The van der Waals surface area contributed by atoms with Gasteiger partial charge >= 0.3 is 0 Å². The molecule has 2 aromatic heterocycles. The van der Waals surface area contributed by atoms with Crippen LogP contribution in [0.4, 0.5) is 5.95 Å². The molecule has 0 bridgehead atoms. The number of anilines is 1. The minimum atomic E-state index is 0.145. The second-order valence-corrected chi connectivity index (χ2v) is 7.70. The Morgan fingerprint density at radius 2 is 1.93 bits per heavy atom. The van der Waals surface area contributed by atoms with Gasteiger partial charge in [0.05, 0.1) is 6.54 Å². The summed E-state index contributed by atoms with van der Waals surface area (Å²) in [5, 5.41) is 7.42. The molecule has 1 saturated heterocycles. The third-order valence-electron chi connectivity index (χ3n) is 4.40. The van der Waals surface area contributed by atoms with Crippen molar-refractivity contribution < 1.29 is 4.79 Å². The standard InChI is InChI=1S/C18H26N8OS/c1-14-12-23-15(28-14)13-24-17(19-2)20-7-4-16(27)25-8-10-26(11-9-25)18-21-5-3-6-22-18/h3,5-6,12H,4,7-11,13H2,1-2H3,(H2,19,20,24). The minimum Gasteiger partial charge on any atom is -0.356 e. The van der Waals surface area contributed by atoms with Gasteiger partial charge in [-0.3, -0.25) is 9.79 Å². The van der Waals surface area contributed by atoms with Crippen molar-refractivity contribution in [2.75, 3.05) is 44.7 Å². The molecule has 9 nitrogen and oxygen atoms in total. The predicted octanol–water partition coefficient (Wildman–Crippen LogP) is 0.645. The van der Waals surface area contributed by atoms with Gasteiger partial charge in [-0.15, -0.1) is 11.3 Å². The van der Waals surface area contributed by atoms with Crippen molar-refractivity contribution in [1.82, 2.24) is 30.5 Å². The summed E-state index contributed by atoms with van der Waals surface area (Å²) in [4.78, 5) is 34.7. The van der Waals surface area contributed by atoms with E-state index in [2.05, 4.69) is 35.5 Å². The average Bonchev–Trinajstić information content (AvgIpc) is 3.16. The molecule has 0 radical (unpaired) electrons. The summed E-state index contributed by atoms with van der Waals surface area (Å²) >= 11 is 1.66. The molecule has 10 heteroatoms. The number of rotatable bonds is 6. The quantitative estimate of drug-likeness (QED) is 0.541. The van der Waals surface area contributed by atoms with E-state index in [0.29, 0.717) is 38.6 Å². The number of piperazine rings is 1. The number of hydrogen-bond donors (Lipinski definition) is 2. The van der Waals surface area contributed by atoms with Crippen LogP contribution >= 0.6 is 11.3 Å². The molecule has 1 aliphatic rings. The highest BCUT2D eigenvalue weighted by molar-refractivity contribution is 7.11. The van der Waals surface area contributed by atoms with E-state index in [1.54, 1.807) is 36.8 Å². The molecule has 0 spiro atoms. The first-order chi connectivity index (χ1) is 13.7. The Labute approximate surface area is 168 Å². The number of aliphatic imine (C=N–C) groups is 1. The largest absolute Gasteiger partial charge is 0.356 e. The van der Waals surface area contributed by atoms with Gasteiger partial charge in [0.15, 0.2) is 5.96 Å². The molecular formula is C18H26N8OS. The van der Waals surface area contributed by atoms with E-state index in [-0.39, 0.29) is 5.91 Å². The molecule has 2 aromatic rings. The Morgan fingerprint density at radius 1 is 1.18 bits per heavy atom. The molecule has 28 heavy (non-hydrogen) atoms. The Hall–Kier alpha value is -2.75. The van der Waals surface area contributed by atoms with Crippen LogP contribution in [0.25, 0.3) is 0 Å². The SMILES string of the molecule is CN=C(NCCC(=O)N1CCN(c2ncccn2)CC1)NCc1ncc(C)s1. The van der Waals surface area contributed by atoms with Crippen LogP contribution in [0.2, 0.25) is 0 Å². The zero-order chi connectivity index (χ0) is 19.8. The minimum absolute atomic E-state index is 0.145. The molecule has 0 aromatic carbocycles. The monoisotopic (exact) mass is 402 g/mol. The van der Waals surface area contributed by atoms with Crippen LogP contribution in [0, 0.1) is 6.92 Å². The number of aryl methyl sites for hydroxylation is 1. The molecule has 0 atom stereocenters. The molecule has 1 amide bonds. The molecule has 3 heterocycles. The van der Waals surface area contributed by atoms with Gasteiger partial charge in [0, 0.05) is 69.7 Å². The Bertz CT molecular complexity index is 786. The average molecular weight is 403 g/mol. The maximum absolute atomic E-state index is 12.5. The van der Waals surface area contributed by atoms with Gasteiger partial charge in [-0.05, 0) is 13.0 Å². The number of aromatic nitrogens is 3. The van der Waals surface area contributed by atoms with Gasteiger partial charge in [-0.25, -0.2) is 15.0 Å². The highest BCUT2D eigenvalue weighted by atomic mass is 32.1. The summed E-state index contributed by atoms with van der Waals surface area (Å²) in [5.74, 6) is 1.54. The molecule has 1 fully saturated rings. The zero-order valence-electron chi connectivity index (χ0n) is 16.3. The lowest BCUT2D eigenvalue weighted by Gasteiger charge is -2.34. The topological polar surface area (TPSA) is 98.6 Å². The van der Waals surface area contributed by atoms with Gasteiger partial charge in [0.2, 0.25) is 11.9 Å². The van der Waals surface area contributed by atoms with E-state index in [9.17, 15) is 4.79 Å². The van der Waals surface area contributed by atoms with Crippen LogP contribution in [0.1, 0.15) is 16.3 Å². The highest BCUT2D eigenvalue weighted by Gasteiger charge is 2.22. The van der Waals surface area contributed by atoms with Crippen LogP contribution in [0.5, 0.6) is 0 Å². The number of nitrogens with one attached hydrogen (secondary N) is 2. The molecule has 0 aliphatic carbocycles. The van der Waals surface area contributed by atoms with E-state index in [0.717, 1.165) is 24.0 Å². The van der Waals surface area contributed by atoms with Crippen molar-refractivity contribution in [3.05, 3.63) is 34.5 Å². The van der Waals surface area contributed by atoms with Crippen LogP contribution in [0.3, 0.4) is 0 Å². The van der Waals surface area contributed by atoms with Gasteiger partial charge in [-0.2, -0.15) is 0 Å². The normalized spacial score (nSPS) is 14.9. The molecule has 0 saturated carbocycles. The summed E-state index contributed by atoms with van der Waals surface area (Å²) in [7, 11) is 1.72. The van der Waals surface area contributed by atoms with Gasteiger partial charge in [0.25, 0.3) is 0 Å². The molecule has 0 unspecified atom stereocenters. The van der Waals surface area contributed by atoms with Crippen LogP contribution in [0.15, 0.2) is 29.6 Å². The zero-order valence-corrected chi connectivity index (χ0v) is 17.1. The summed E-state index contributed by atoms with van der Waals surface area (Å²) < 4.78 is 0. The lowest BCUT2D eigenvalue weighted by Crippen LogP contribution is -2.50. The summed E-state index contributed by atoms with van der Waals surface area (Å²) in [6, 6.07) is 1.80. The van der Waals surface area contributed by atoms with Gasteiger partial charge < -0.3 is 20.4 Å². The lowest BCUT2D eigenvalue weighted by molar-refractivity contribution is -0.131. The Morgan fingerprint density at radius 3 is 2.57 bits per heavy atom. The third kappa shape index (κ3) is 5.62. The van der Waals surface area contributed by atoms with Gasteiger partial charge in [0.1, 0.15) is 5.01 Å². The van der Waals surface area contributed by atoms with Crippen LogP contribution in [-0.4, -0.2) is 71.5 Å². The first-order valence-electron chi connectivity index (χ1n) is 9.31. The van der Waals surface area contributed by atoms with Gasteiger partial charge in [-0.1, -0.05) is 0 Å². The number of nitrogens with zero attached hydrogens (tertiary/aromatic N) is 6. The number of amides is 1. The number of hydrogen-bond acceptors (Lipinski definition) is 7. The Kier molecular flexibility index (Phi) is 7.12. The molecule has 3 rings (SSSR count). The smallest absolute Gasteiger partial charge is 0.225 e. The van der Waals surface area contributed by atoms with Crippen molar-refractivity contribution in [3.8, 4) is 0 Å². The number of thiazole rings is 1. The maximum Gasteiger partial charge on any atom is 0.225 e. The van der Waals surface area contributed by atoms with E-state index in [1.807, 2.05) is 18.0 Å². The van der Waals surface area contributed by atoms with Crippen LogP contribution < -0.4 is 15.5 Å². The van der Waals surface area contributed by atoms with Crippen molar-refractivity contribution >= 4 is 29.2 Å². The van der Waals surface area contributed by atoms with E-state index >= 15 is 0 Å². The molecular weight excluding hydrogens is 376 g/mol. The molecule has 2 N–H and O–H groups in total. The number of carbonyl (C=O) groups excluding carboxylic acids is 1.